The number of aromatic nitrogens is 2. The van der Waals surface area contributed by atoms with Crippen molar-refractivity contribution in [2.75, 3.05) is 23.4 Å². The molecule has 0 bridgehead atoms. The summed E-state index contributed by atoms with van der Waals surface area (Å²) in [7, 11) is -3.01. The molecular weight excluding hydrogens is 467 g/mol. The molecule has 2 aromatic rings. The van der Waals surface area contributed by atoms with Crippen LogP contribution in [0.15, 0.2) is 40.4 Å². The van der Waals surface area contributed by atoms with Crippen molar-refractivity contribution in [1.82, 2.24) is 9.97 Å². The zero-order chi connectivity index (χ0) is 24.2. The van der Waals surface area contributed by atoms with E-state index in [0.29, 0.717) is 42.4 Å². The molecular formula is C26H27FN4O3S. The van der Waals surface area contributed by atoms with Crippen LogP contribution in [0.3, 0.4) is 0 Å². The Kier molecular flexibility index (Phi) is 5.47. The zero-order valence-corrected chi connectivity index (χ0v) is 20.4. The van der Waals surface area contributed by atoms with Crippen LogP contribution in [-0.4, -0.2) is 42.3 Å². The second kappa shape index (κ2) is 8.55. The van der Waals surface area contributed by atoms with Crippen LogP contribution < -0.4 is 10.1 Å². The number of hydrogen-bond donors (Lipinski definition) is 1. The summed E-state index contributed by atoms with van der Waals surface area (Å²) in [4.78, 5) is 13.6. The SMILES string of the molecule is CC1=Cc2c(ccc(Oc3nc(NC4=NCC(C5CC5)=C4)cc(C4CCS(=O)(=O)CC4)n3)c2F)C1. The van der Waals surface area contributed by atoms with E-state index in [4.69, 9.17) is 4.74 Å². The quantitative estimate of drug-likeness (QED) is 0.641. The molecule has 1 N–H and O–H groups in total. The standard InChI is InChI=1S/C26H27FN4O3S/c1-15-10-18-4-5-22(25(27)20(18)11-15)34-26-29-21(17-6-8-35(32,33)9-7-17)13-24(31-26)30-23-12-19(14-28-23)16-2-3-16/h4-5,11-13,16-17H,2-3,6-10,14H2,1H3,(H,28,29,30,31). The minimum atomic E-state index is -3.01. The summed E-state index contributed by atoms with van der Waals surface area (Å²) in [6, 6.07) is 5.34. The predicted molar refractivity (Wildman–Crippen MR) is 133 cm³/mol. The number of nitrogens with zero attached hydrogens (tertiary/aromatic N) is 3. The number of benzene rings is 1. The molecule has 1 saturated heterocycles. The fourth-order valence-electron chi connectivity index (χ4n) is 5.00. The van der Waals surface area contributed by atoms with E-state index < -0.39 is 15.7 Å². The molecule has 1 saturated carbocycles. The minimum Gasteiger partial charge on any atom is -0.421 e. The normalized spacial score (nSPS) is 21.3. The monoisotopic (exact) mass is 494 g/mol. The van der Waals surface area contributed by atoms with Crippen LogP contribution in [0.1, 0.15) is 55.3 Å². The van der Waals surface area contributed by atoms with Gasteiger partial charge in [0, 0.05) is 17.5 Å². The molecule has 35 heavy (non-hydrogen) atoms. The summed E-state index contributed by atoms with van der Waals surface area (Å²) in [6.07, 6.45) is 8.06. The Labute approximate surface area is 204 Å². The van der Waals surface area contributed by atoms with Gasteiger partial charge in [0.2, 0.25) is 0 Å². The molecule has 7 nitrogen and oxygen atoms in total. The van der Waals surface area contributed by atoms with Crippen LogP contribution in [0.5, 0.6) is 11.8 Å². The largest absolute Gasteiger partial charge is 0.421 e. The van der Waals surface area contributed by atoms with E-state index in [2.05, 4.69) is 26.4 Å². The van der Waals surface area contributed by atoms with Gasteiger partial charge in [0.25, 0.3) is 0 Å². The number of halogens is 1. The number of sulfone groups is 1. The first-order chi connectivity index (χ1) is 16.8. The van der Waals surface area contributed by atoms with Gasteiger partial charge in [0.15, 0.2) is 11.6 Å². The van der Waals surface area contributed by atoms with E-state index in [0.717, 1.165) is 23.4 Å². The van der Waals surface area contributed by atoms with Gasteiger partial charge in [0.1, 0.15) is 21.5 Å². The summed E-state index contributed by atoms with van der Waals surface area (Å²) in [5, 5.41) is 3.26. The van der Waals surface area contributed by atoms with Gasteiger partial charge in [-0.2, -0.15) is 9.97 Å². The van der Waals surface area contributed by atoms with Crippen LogP contribution in [0.2, 0.25) is 0 Å². The number of ether oxygens (including phenoxy) is 1. The molecule has 3 heterocycles. The van der Waals surface area contributed by atoms with Crippen LogP contribution in [0, 0.1) is 11.7 Å². The minimum absolute atomic E-state index is 0.0287. The molecule has 1 aromatic carbocycles. The Balaban J connectivity index is 1.31. The number of anilines is 1. The Bertz CT molecular complexity index is 1400. The second-order valence-electron chi connectivity index (χ2n) is 9.93. The molecule has 2 aliphatic carbocycles. The first-order valence-electron chi connectivity index (χ1n) is 12.1. The van der Waals surface area contributed by atoms with Crippen molar-refractivity contribution >= 4 is 27.6 Å². The fourth-order valence-corrected chi connectivity index (χ4v) is 6.49. The Hall–Kier alpha value is -3.07. The number of rotatable bonds is 5. The van der Waals surface area contributed by atoms with Crippen molar-refractivity contribution in [1.29, 1.82) is 0 Å². The molecule has 182 valence electrons. The van der Waals surface area contributed by atoms with E-state index in [-0.39, 0.29) is 29.2 Å². The lowest BCUT2D eigenvalue weighted by Gasteiger charge is -2.22. The number of fused-ring (bicyclic) bond motifs is 1. The average Bonchev–Trinajstić information content (AvgIpc) is 3.44. The van der Waals surface area contributed by atoms with Gasteiger partial charge in [-0.25, -0.2) is 12.8 Å². The van der Waals surface area contributed by atoms with Crippen molar-refractivity contribution in [2.24, 2.45) is 10.9 Å². The highest BCUT2D eigenvalue weighted by atomic mass is 32.2. The fraction of sp³-hybridized carbons (Fsp3) is 0.423. The van der Waals surface area contributed by atoms with Crippen molar-refractivity contribution in [2.45, 2.75) is 44.9 Å². The van der Waals surface area contributed by atoms with Crippen molar-refractivity contribution in [3.8, 4) is 11.8 Å². The second-order valence-corrected chi connectivity index (χ2v) is 12.2. The molecule has 0 radical (unpaired) electrons. The number of hydrogen-bond acceptors (Lipinski definition) is 7. The van der Waals surface area contributed by atoms with Crippen LogP contribution in [0.25, 0.3) is 6.08 Å². The summed E-state index contributed by atoms with van der Waals surface area (Å²) in [6.45, 7) is 2.67. The molecule has 0 spiro atoms. The zero-order valence-electron chi connectivity index (χ0n) is 19.6. The van der Waals surface area contributed by atoms with Gasteiger partial charge in [-0.1, -0.05) is 17.7 Å². The number of allylic oxidation sites excluding steroid dienone is 1. The van der Waals surface area contributed by atoms with Gasteiger partial charge in [-0.3, -0.25) is 4.99 Å². The number of nitrogens with one attached hydrogen (secondary N) is 1. The molecule has 2 fully saturated rings. The molecule has 1 aromatic heterocycles. The van der Waals surface area contributed by atoms with Crippen LogP contribution in [0.4, 0.5) is 10.2 Å². The highest BCUT2D eigenvalue weighted by molar-refractivity contribution is 7.91. The Morgan fingerprint density at radius 3 is 2.63 bits per heavy atom. The van der Waals surface area contributed by atoms with E-state index >= 15 is 4.39 Å². The van der Waals surface area contributed by atoms with Gasteiger partial charge in [-0.05, 0) is 68.2 Å². The van der Waals surface area contributed by atoms with Gasteiger partial charge in [-0.15, -0.1) is 0 Å². The average molecular weight is 495 g/mol. The number of amidine groups is 1. The summed E-state index contributed by atoms with van der Waals surface area (Å²) in [5.41, 5.74) is 4.60. The number of aliphatic imine (C=N–C) groups is 1. The lowest BCUT2D eigenvalue weighted by atomic mass is 9.98. The highest BCUT2D eigenvalue weighted by Gasteiger charge is 2.29. The summed E-state index contributed by atoms with van der Waals surface area (Å²) < 4.78 is 44.9. The van der Waals surface area contributed by atoms with Crippen LogP contribution >= 0.6 is 0 Å². The van der Waals surface area contributed by atoms with E-state index in [9.17, 15) is 8.42 Å². The Morgan fingerprint density at radius 2 is 1.86 bits per heavy atom. The van der Waals surface area contributed by atoms with Gasteiger partial charge in [0.05, 0.1) is 23.7 Å². The molecule has 0 atom stereocenters. The van der Waals surface area contributed by atoms with Crippen molar-refractivity contribution < 1.29 is 17.5 Å². The maximum absolute atomic E-state index is 15.2. The van der Waals surface area contributed by atoms with Crippen molar-refractivity contribution in [3.63, 3.8) is 0 Å². The highest BCUT2D eigenvalue weighted by Crippen LogP contribution is 2.38. The molecule has 0 unspecified atom stereocenters. The Morgan fingerprint density at radius 1 is 1.06 bits per heavy atom. The van der Waals surface area contributed by atoms with E-state index in [1.807, 2.05) is 25.1 Å². The summed E-state index contributed by atoms with van der Waals surface area (Å²) >= 11 is 0. The smallest absolute Gasteiger partial charge is 0.324 e. The van der Waals surface area contributed by atoms with Gasteiger partial charge >= 0.3 is 6.01 Å². The molecule has 2 aliphatic heterocycles. The predicted octanol–water partition coefficient (Wildman–Crippen LogP) is 4.82. The molecule has 4 aliphatic rings. The first-order valence-corrected chi connectivity index (χ1v) is 13.9. The third-order valence-electron chi connectivity index (χ3n) is 7.11. The summed E-state index contributed by atoms with van der Waals surface area (Å²) in [5.74, 6) is 1.74. The maximum atomic E-state index is 15.2. The lowest BCUT2D eigenvalue weighted by molar-refractivity contribution is 0.406. The lowest BCUT2D eigenvalue weighted by Crippen LogP contribution is -2.23. The molecule has 9 heteroatoms. The van der Waals surface area contributed by atoms with E-state index in [1.54, 1.807) is 6.07 Å². The topological polar surface area (TPSA) is 93.5 Å². The van der Waals surface area contributed by atoms with Crippen molar-refractivity contribution in [3.05, 3.63) is 58.1 Å². The first kappa shape index (κ1) is 22.4. The van der Waals surface area contributed by atoms with E-state index in [1.165, 1.54) is 18.4 Å². The maximum Gasteiger partial charge on any atom is 0.324 e. The third-order valence-corrected chi connectivity index (χ3v) is 8.82. The third kappa shape index (κ3) is 4.74. The van der Waals surface area contributed by atoms with Gasteiger partial charge < -0.3 is 10.1 Å². The molecule has 0 amide bonds. The molecule has 6 rings (SSSR count). The van der Waals surface area contributed by atoms with Crippen LogP contribution in [-0.2, 0) is 16.3 Å².